The second-order valence-corrected chi connectivity index (χ2v) is 7.24. The van der Waals surface area contributed by atoms with E-state index in [9.17, 15) is 23.5 Å². The van der Waals surface area contributed by atoms with Gasteiger partial charge in [-0.25, -0.2) is 8.78 Å². The van der Waals surface area contributed by atoms with Gasteiger partial charge in [-0.2, -0.15) is 0 Å². The lowest BCUT2D eigenvalue weighted by atomic mass is 9.94. The molecule has 1 N–H and O–H groups in total. The lowest BCUT2D eigenvalue weighted by Gasteiger charge is -2.26. The molecule has 1 aliphatic heterocycles. The molecule has 1 aliphatic rings. The second kappa shape index (κ2) is 8.74. The van der Waals surface area contributed by atoms with Crippen LogP contribution in [0.25, 0.3) is 5.76 Å². The fourth-order valence-electron chi connectivity index (χ4n) is 3.84. The first-order chi connectivity index (χ1) is 15.9. The number of amides is 1. The van der Waals surface area contributed by atoms with E-state index in [2.05, 4.69) is 0 Å². The van der Waals surface area contributed by atoms with Crippen molar-refractivity contribution in [3.05, 3.63) is 95.1 Å². The van der Waals surface area contributed by atoms with E-state index >= 15 is 0 Å². The summed E-state index contributed by atoms with van der Waals surface area (Å²) in [5.41, 5.74) is -0.128. The van der Waals surface area contributed by atoms with Crippen LogP contribution in [0, 0.1) is 11.6 Å². The lowest BCUT2D eigenvalue weighted by Crippen LogP contribution is -2.30. The number of carbonyl (C=O) groups is 2. The number of methoxy groups -OCH3 is 2. The fraction of sp³-hybridized carbons (Fsp3) is 0.120. The van der Waals surface area contributed by atoms with Gasteiger partial charge in [-0.1, -0.05) is 30.3 Å². The minimum absolute atomic E-state index is 0.136. The van der Waals surface area contributed by atoms with Crippen molar-refractivity contribution in [3.8, 4) is 11.5 Å². The summed E-state index contributed by atoms with van der Waals surface area (Å²) < 4.78 is 39.1. The molecule has 168 valence electrons. The van der Waals surface area contributed by atoms with Gasteiger partial charge in [0.1, 0.15) is 28.9 Å². The molecule has 0 radical (unpaired) electrons. The average molecular weight is 451 g/mol. The molecule has 6 nitrogen and oxygen atoms in total. The van der Waals surface area contributed by atoms with Gasteiger partial charge < -0.3 is 14.6 Å². The molecule has 8 heteroatoms. The van der Waals surface area contributed by atoms with Gasteiger partial charge in [0.2, 0.25) is 0 Å². The summed E-state index contributed by atoms with van der Waals surface area (Å²) in [6.45, 7) is 0. The van der Waals surface area contributed by atoms with E-state index in [1.807, 2.05) is 0 Å². The number of carbonyl (C=O) groups excluding carboxylic acids is 2. The molecule has 3 aromatic carbocycles. The molecule has 3 aromatic rings. The van der Waals surface area contributed by atoms with Crippen LogP contribution in [0.2, 0.25) is 0 Å². The van der Waals surface area contributed by atoms with Crippen LogP contribution in [0.4, 0.5) is 14.5 Å². The average Bonchev–Trinajstić information content (AvgIpc) is 3.10. The summed E-state index contributed by atoms with van der Waals surface area (Å²) in [4.78, 5) is 27.0. The van der Waals surface area contributed by atoms with Crippen molar-refractivity contribution in [1.29, 1.82) is 0 Å². The van der Waals surface area contributed by atoms with Gasteiger partial charge in [-0.15, -0.1) is 0 Å². The van der Waals surface area contributed by atoms with Gasteiger partial charge in [0.15, 0.2) is 0 Å². The Morgan fingerprint density at radius 3 is 2.33 bits per heavy atom. The third-order valence-corrected chi connectivity index (χ3v) is 5.39. The molecule has 0 aromatic heterocycles. The van der Waals surface area contributed by atoms with Crippen molar-refractivity contribution in [2.75, 3.05) is 19.1 Å². The molecular weight excluding hydrogens is 432 g/mol. The summed E-state index contributed by atoms with van der Waals surface area (Å²) in [5, 5.41) is 11.2. The highest BCUT2D eigenvalue weighted by molar-refractivity contribution is 6.51. The van der Waals surface area contributed by atoms with Crippen molar-refractivity contribution in [3.63, 3.8) is 0 Å². The summed E-state index contributed by atoms with van der Waals surface area (Å²) in [6, 6.07) is 14.3. The summed E-state index contributed by atoms with van der Waals surface area (Å²) in [5.74, 6) is -3.67. The van der Waals surface area contributed by atoms with E-state index in [-0.39, 0.29) is 16.9 Å². The highest BCUT2D eigenvalue weighted by Crippen LogP contribution is 2.44. The lowest BCUT2D eigenvalue weighted by molar-refractivity contribution is -0.132. The number of aliphatic hydroxyl groups excluding tert-OH is 1. The van der Waals surface area contributed by atoms with Crippen LogP contribution in [-0.4, -0.2) is 31.0 Å². The van der Waals surface area contributed by atoms with Crippen LogP contribution in [0.5, 0.6) is 11.5 Å². The molecular formula is C25H19F2NO5. The van der Waals surface area contributed by atoms with Crippen molar-refractivity contribution in [2.45, 2.75) is 6.04 Å². The first-order valence-corrected chi connectivity index (χ1v) is 9.90. The topological polar surface area (TPSA) is 76.1 Å². The Hall–Kier alpha value is -4.20. The molecule has 0 aliphatic carbocycles. The Balaban J connectivity index is 1.98. The molecule has 0 bridgehead atoms. The number of anilines is 1. The SMILES string of the molecule is COc1ccc(/C(O)=C2/C(=O)C(=O)N(c3cc(F)ccc3F)C2c2ccccc2)c(OC)c1. The Morgan fingerprint density at radius 2 is 1.67 bits per heavy atom. The number of aliphatic hydroxyl groups is 1. The third kappa shape index (κ3) is 3.80. The monoisotopic (exact) mass is 451 g/mol. The fourth-order valence-corrected chi connectivity index (χ4v) is 3.84. The minimum atomic E-state index is -1.20. The summed E-state index contributed by atoms with van der Waals surface area (Å²) in [6.07, 6.45) is 0. The number of halogens is 2. The van der Waals surface area contributed by atoms with E-state index in [0.717, 1.165) is 23.1 Å². The van der Waals surface area contributed by atoms with Crippen molar-refractivity contribution in [1.82, 2.24) is 0 Å². The maximum Gasteiger partial charge on any atom is 0.300 e. The zero-order valence-electron chi connectivity index (χ0n) is 17.7. The van der Waals surface area contributed by atoms with Crippen molar-refractivity contribution >= 4 is 23.1 Å². The highest BCUT2D eigenvalue weighted by Gasteiger charge is 2.48. The van der Waals surface area contributed by atoms with E-state index in [0.29, 0.717) is 11.3 Å². The predicted octanol–water partition coefficient (Wildman–Crippen LogP) is 4.61. The van der Waals surface area contributed by atoms with E-state index in [1.54, 1.807) is 36.4 Å². The molecule has 0 spiro atoms. The highest BCUT2D eigenvalue weighted by atomic mass is 19.1. The molecule has 4 rings (SSSR count). The van der Waals surface area contributed by atoms with Crippen LogP contribution in [0.15, 0.2) is 72.3 Å². The van der Waals surface area contributed by atoms with Crippen LogP contribution in [0.3, 0.4) is 0 Å². The van der Waals surface area contributed by atoms with Crippen molar-refractivity contribution in [2.24, 2.45) is 0 Å². The first-order valence-electron chi connectivity index (χ1n) is 9.90. The Bertz CT molecular complexity index is 1270. The van der Waals surface area contributed by atoms with Crippen LogP contribution in [-0.2, 0) is 9.59 Å². The maximum atomic E-state index is 14.7. The van der Waals surface area contributed by atoms with Crippen LogP contribution < -0.4 is 14.4 Å². The molecule has 0 saturated carbocycles. The maximum absolute atomic E-state index is 14.7. The standard InChI is InChI=1S/C25H19F2NO5/c1-32-16-9-10-17(20(13-16)33-2)23(29)21-22(14-6-4-3-5-7-14)28(25(31)24(21)30)19-12-15(26)8-11-18(19)27/h3-13,22,29H,1-2H3/b23-21-. The van der Waals surface area contributed by atoms with Gasteiger partial charge >= 0.3 is 0 Å². The largest absolute Gasteiger partial charge is 0.507 e. The van der Waals surface area contributed by atoms with Gasteiger partial charge in [0.25, 0.3) is 11.7 Å². The number of benzene rings is 3. The van der Waals surface area contributed by atoms with E-state index < -0.39 is 40.8 Å². The number of Topliss-reactive ketones (excluding diaryl/α,β-unsaturated/α-hetero) is 1. The first kappa shape index (κ1) is 22.0. The summed E-state index contributed by atoms with van der Waals surface area (Å²) in [7, 11) is 2.84. The predicted molar refractivity (Wildman–Crippen MR) is 117 cm³/mol. The number of rotatable bonds is 5. The van der Waals surface area contributed by atoms with E-state index in [1.165, 1.54) is 26.4 Å². The van der Waals surface area contributed by atoms with Gasteiger partial charge in [-0.3, -0.25) is 14.5 Å². The summed E-state index contributed by atoms with van der Waals surface area (Å²) >= 11 is 0. The number of ketones is 1. The smallest absolute Gasteiger partial charge is 0.300 e. The normalized spacial score (nSPS) is 17.3. The molecule has 1 heterocycles. The number of hydrogen-bond acceptors (Lipinski definition) is 5. The van der Waals surface area contributed by atoms with Gasteiger partial charge in [0, 0.05) is 12.1 Å². The van der Waals surface area contributed by atoms with Gasteiger partial charge in [-0.05, 0) is 29.8 Å². The molecule has 1 saturated heterocycles. The Kier molecular flexibility index (Phi) is 5.83. The molecule has 33 heavy (non-hydrogen) atoms. The Morgan fingerprint density at radius 1 is 0.939 bits per heavy atom. The zero-order chi connectivity index (χ0) is 23.7. The molecule has 1 unspecified atom stereocenters. The molecule has 1 atom stereocenters. The second-order valence-electron chi connectivity index (χ2n) is 7.24. The van der Waals surface area contributed by atoms with Gasteiger partial charge in [0.05, 0.1) is 37.1 Å². The zero-order valence-corrected chi connectivity index (χ0v) is 17.7. The van der Waals surface area contributed by atoms with Crippen LogP contribution in [0.1, 0.15) is 17.2 Å². The van der Waals surface area contributed by atoms with E-state index in [4.69, 9.17) is 9.47 Å². The van der Waals surface area contributed by atoms with Crippen molar-refractivity contribution < 1.29 is 33.0 Å². The quantitative estimate of drug-likeness (QED) is 0.348. The minimum Gasteiger partial charge on any atom is -0.507 e. The molecule has 1 amide bonds. The number of ether oxygens (including phenoxy) is 2. The Labute approximate surface area is 188 Å². The molecule has 1 fully saturated rings. The number of hydrogen-bond donors (Lipinski definition) is 1. The number of nitrogens with zero attached hydrogens (tertiary/aromatic N) is 1. The third-order valence-electron chi connectivity index (χ3n) is 5.39. The van der Waals surface area contributed by atoms with Crippen LogP contribution >= 0.6 is 0 Å².